The number of ether oxygens (including phenoxy) is 2. The van der Waals surface area contributed by atoms with Crippen LogP contribution in [0.1, 0.15) is 23.6 Å². The summed E-state index contributed by atoms with van der Waals surface area (Å²) in [5.74, 6) is 1.04. The van der Waals surface area contributed by atoms with Gasteiger partial charge in [-0.1, -0.05) is 36.4 Å². The normalized spacial score (nSPS) is 19.0. The number of hydrogen-bond donors (Lipinski definition) is 2. The molecule has 1 aliphatic rings. The molecular weight excluding hydrogens is 420 g/mol. The fourth-order valence-electron chi connectivity index (χ4n) is 4.19. The van der Waals surface area contributed by atoms with E-state index in [1.165, 1.54) is 0 Å². The number of nitrogens with zero attached hydrogens (tertiary/aromatic N) is 1. The van der Waals surface area contributed by atoms with E-state index in [1.807, 2.05) is 68.4 Å². The highest BCUT2D eigenvalue weighted by Gasteiger charge is 2.49. The number of imide groups is 1. The summed E-state index contributed by atoms with van der Waals surface area (Å²) in [6, 6.07) is 16.5. The van der Waals surface area contributed by atoms with Gasteiger partial charge in [0.2, 0.25) is 0 Å². The molecule has 7 nitrogen and oxygen atoms in total. The van der Waals surface area contributed by atoms with Gasteiger partial charge in [0.05, 0.1) is 13.7 Å². The van der Waals surface area contributed by atoms with E-state index < -0.39 is 23.6 Å². The van der Waals surface area contributed by atoms with Gasteiger partial charge < -0.3 is 19.9 Å². The number of rotatable bonds is 7. The second-order valence-electron chi connectivity index (χ2n) is 8.58. The molecule has 0 aromatic heterocycles. The monoisotopic (exact) mass is 448 g/mol. The Labute approximate surface area is 192 Å². The van der Waals surface area contributed by atoms with Gasteiger partial charge in [0.15, 0.2) is 0 Å². The first kappa shape index (κ1) is 22.6. The number of urea groups is 1. The van der Waals surface area contributed by atoms with Crippen LogP contribution in [-0.4, -0.2) is 48.3 Å². The quantitative estimate of drug-likeness (QED) is 0.539. The molecule has 7 heteroatoms. The second kappa shape index (κ2) is 8.75. The lowest BCUT2D eigenvalue weighted by Crippen LogP contribution is -2.42. The highest BCUT2D eigenvalue weighted by molar-refractivity contribution is 6.07. The summed E-state index contributed by atoms with van der Waals surface area (Å²) in [5, 5.41) is 15.2. The molecule has 33 heavy (non-hydrogen) atoms. The van der Waals surface area contributed by atoms with Crippen LogP contribution in [0.5, 0.6) is 11.5 Å². The molecule has 172 valence electrons. The summed E-state index contributed by atoms with van der Waals surface area (Å²) < 4.78 is 11.0. The van der Waals surface area contributed by atoms with Crippen molar-refractivity contribution >= 4 is 22.7 Å². The van der Waals surface area contributed by atoms with Gasteiger partial charge in [0, 0.05) is 0 Å². The van der Waals surface area contributed by atoms with Gasteiger partial charge >= 0.3 is 6.03 Å². The Balaban J connectivity index is 1.49. The average molecular weight is 449 g/mol. The zero-order valence-electron chi connectivity index (χ0n) is 19.2. The second-order valence-corrected chi connectivity index (χ2v) is 8.58. The Hall–Kier alpha value is -3.58. The molecule has 0 radical (unpaired) electrons. The van der Waals surface area contributed by atoms with Crippen LogP contribution in [0.15, 0.2) is 54.6 Å². The average Bonchev–Trinajstić information content (AvgIpc) is 3.01. The molecular formula is C26H28N2O5. The number of carbonyl (C=O) groups is 2. The van der Waals surface area contributed by atoms with Crippen LogP contribution in [0.3, 0.4) is 0 Å². The zero-order valence-corrected chi connectivity index (χ0v) is 19.2. The van der Waals surface area contributed by atoms with Gasteiger partial charge in [-0.15, -0.1) is 0 Å². The van der Waals surface area contributed by atoms with E-state index >= 15 is 0 Å². The molecule has 4 rings (SSSR count). The molecule has 0 bridgehead atoms. The molecule has 1 fully saturated rings. The minimum atomic E-state index is -1.22. The number of aliphatic hydroxyl groups excluding tert-OH is 1. The van der Waals surface area contributed by atoms with Crippen molar-refractivity contribution in [3.8, 4) is 11.5 Å². The van der Waals surface area contributed by atoms with Crippen molar-refractivity contribution in [3.05, 3.63) is 71.3 Å². The molecule has 1 heterocycles. The number of carbonyl (C=O) groups excluding carboxylic acids is 2. The number of aryl methyl sites for hydroxylation is 2. The number of aliphatic hydroxyl groups is 1. The van der Waals surface area contributed by atoms with Crippen LogP contribution in [0, 0.1) is 13.8 Å². The maximum absolute atomic E-state index is 13.3. The SMILES string of the molecule is COc1ccc2cc([C@]3(C)NC(=O)N(C[C@H](O)COc4c(C)cccc4C)C3=O)ccc2c1. The Bertz CT molecular complexity index is 1200. The van der Waals surface area contributed by atoms with E-state index in [0.29, 0.717) is 11.3 Å². The van der Waals surface area contributed by atoms with Gasteiger partial charge in [0.1, 0.15) is 29.7 Å². The Kier molecular flexibility index (Phi) is 5.99. The molecule has 1 saturated heterocycles. The molecule has 3 aromatic rings. The number of benzene rings is 3. The molecule has 2 atom stereocenters. The molecule has 1 aliphatic heterocycles. The summed E-state index contributed by atoms with van der Waals surface area (Å²) in [6.45, 7) is 5.35. The topological polar surface area (TPSA) is 88.1 Å². The van der Waals surface area contributed by atoms with Crippen molar-refractivity contribution in [2.45, 2.75) is 32.4 Å². The van der Waals surface area contributed by atoms with Gasteiger partial charge in [-0.25, -0.2) is 4.79 Å². The molecule has 0 unspecified atom stereocenters. The lowest BCUT2D eigenvalue weighted by atomic mass is 9.90. The van der Waals surface area contributed by atoms with Crippen molar-refractivity contribution in [2.75, 3.05) is 20.3 Å². The summed E-state index contributed by atoms with van der Waals surface area (Å²) >= 11 is 0. The van der Waals surface area contributed by atoms with Crippen LogP contribution in [-0.2, 0) is 10.3 Å². The first-order chi connectivity index (χ1) is 15.7. The van der Waals surface area contributed by atoms with Crippen LogP contribution in [0.25, 0.3) is 10.8 Å². The molecule has 0 aliphatic carbocycles. The van der Waals surface area contributed by atoms with Crippen molar-refractivity contribution in [3.63, 3.8) is 0 Å². The van der Waals surface area contributed by atoms with Crippen molar-refractivity contribution in [2.24, 2.45) is 0 Å². The van der Waals surface area contributed by atoms with E-state index in [2.05, 4.69) is 5.32 Å². The predicted molar refractivity (Wildman–Crippen MR) is 126 cm³/mol. The number of para-hydroxylation sites is 1. The van der Waals surface area contributed by atoms with Crippen LogP contribution in [0.2, 0.25) is 0 Å². The minimum absolute atomic E-state index is 0.0305. The van der Waals surface area contributed by atoms with E-state index in [-0.39, 0.29) is 13.2 Å². The summed E-state index contributed by atoms with van der Waals surface area (Å²) in [5.41, 5.74) is 1.36. The maximum atomic E-state index is 13.3. The fraction of sp³-hybridized carbons (Fsp3) is 0.308. The number of nitrogens with one attached hydrogen (secondary N) is 1. The largest absolute Gasteiger partial charge is 0.497 e. The third-order valence-corrected chi connectivity index (χ3v) is 6.12. The molecule has 2 N–H and O–H groups in total. The third kappa shape index (κ3) is 4.24. The van der Waals surface area contributed by atoms with E-state index in [1.54, 1.807) is 14.0 Å². The van der Waals surface area contributed by atoms with Crippen LogP contribution >= 0.6 is 0 Å². The summed E-state index contributed by atoms with van der Waals surface area (Å²) in [7, 11) is 1.61. The fourth-order valence-corrected chi connectivity index (χ4v) is 4.19. The number of β-amino-alcohol motifs (C(OH)–C–C–N with tert-alkyl or cyclic N) is 1. The van der Waals surface area contributed by atoms with Crippen molar-refractivity contribution in [1.29, 1.82) is 0 Å². The van der Waals surface area contributed by atoms with Crippen molar-refractivity contribution < 1.29 is 24.2 Å². The number of hydrogen-bond acceptors (Lipinski definition) is 5. The third-order valence-electron chi connectivity index (χ3n) is 6.12. The predicted octanol–water partition coefficient (Wildman–Crippen LogP) is 3.67. The standard InChI is InChI=1S/C26H28N2O5/c1-16-6-5-7-17(2)23(16)33-15-21(29)14-28-24(30)26(3,27-25(28)31)20-10-8-19-13-22(32-4)11-9-18(19)12-20/h5-13,21,29H,14-15H2,1-4H3,(H,27,31)/t21-,26-/m0/s1. The van der Waals surface area contributed by atoms with Gasteiger partial charge in [-0.2, -0.15) is 0 Å². The van der Waals surface area contributed by atoms with E-state index in [4.69, 9.17) is 9.47 Å². The van der Waals surface area contributed by atoms with E-state index in [9.17, 15) is 14.7 Å². The first-order valence-electron chi connectivity index (χ1n) is 10.8. The van der Waals surface area contributed by atoms with Gasteiger partial charge in [0.25, 0.3) is 5.91 Å². The smallest absolute Gasteiger partial charge is 0.325 e. The van der Waals surface area contributed by atoms with Gasteiger partial charge in [-0.05, 0) is 66.4 Å². The Morgan fingerprint density at radius 3 is 2.39 bits per heavy atom. The first-order valence-corrected chi connectivity index (χ1v) is 10.8. The highest BCUT2D eigenvalue weighted by Crippen LogP contribution is 2.32. The Morgan fingerprint density at radius 1 is 1.03 bits per heavy atom. The molecule has 0 saturated carbocycles. The van der Waals surface area contributed by atoms with E-state index in [0.717, 1.165) is 32.5 Å². The van der Waals surface area contributed by atoms with Crippen LogP contribution in [0.4, 0.5) is 4.79 Å². The minimum Gasteiger partial charge on any atom is -0.497 e. The van der Waals surface area contributed by atoms with Crippen molar-refractivity contribution in [1.82, 2.24) is 10.2 Å². The number of methoxy groups -OCH3 is 1. The zero-order chi connectivity index (χ0) is 23.8. The summed E-state index contributed by atoms with van der Waals surface area (Å²) in [4.78, 5) is 27.0. The number of amides is 3. The van der Waals surface area contributed by atoms with Gasteiger partial charge in [-0.3, -0.25) is 9.69 Å². The Morgan fingerprint density at radius 2 is 1.70 bits per heavy atom. The van der Waals surface area contributed by atoms with Crippen LogP contribution < -0.4 is 14.8 Å². The maximum Gasteiger partial charge on any atom is 0.325 e. The molecule has 0 spiro atoms. The molecule has 3 amide bonds. The lowest BCUT2D eigenvalue weighted by molar-refractivity contribution is -0.132. The lowest BCUT2D eigenvalue weighted by Gasteiger charge is -2.24. The summed E-state index contributed by atoms with van der Waals surface area (Å²) in [6.07, 6.45) is -1.02. The highest BCUT2D eigenvalue weighted by atomic mass is 16.5. The molecule has 3 aromatic carbocycles. The number of fused-ring (bicyclic) bond motifs is 1.